The number of nitrogens with one attached hydrogen (secondary N) is 2. The van der Waals surface area contributed by atoms with Crippen LogP contribution in [-0.2, 0) is 32.5 Å². The van der Waals surface area contributed by atoms with Crippen molar-refractivity contribution in [3.8, 4) is 17.0 Å². The van der Waals surface area contributed by atoms with E-state index in [4.69, 9.17) is 8.50 Å². The maximum atomic E-state index is 14.7. The van der Waals surface area contributed by atoms with E-state index in [1.54, 1.807) is 38.0 Å². The molecule has 9 nitrogen and oxygen atoms in total. The van der Waals surface area contributed by atoms with Crippen molar-refractivity contribution in [1.82, 2.24) is 9.71 Å². The molecule has 0 aliphatic heterocycles. The first kappa shape index (κ1) is 31.3. The number of nitrogens with zero attached hydrogens (tertiary/aromatic N) is 3. The largest absolute Gasteiger partial charge is 0.481 e. The van der Waals surface area contributed by atoms with Gasteiger partial charge in [0.15, 0.2) is 9.92 Å². The lowest BCUT2D eigenvalue weighted by Crippen LogP contribution is -2.35. The van der Waals surface area contributed by atoms with E-state index in [2.05, 4.69) is 25.5 Å². The number of aromatic nitrogens is 1. The van der Waals surface area contributed by atoms with E-state index in [1.165, 1.54) is 5.56 Å². The minimum Gasteiger partial charge on any atom is -0.481 e. The molecule has 2 aromatic heterocycles. The normalized spacial score (nSPS) is 15.4. The highest BCUT2D eigenvalue weighted by atomic mass is 32.3. The van der Waals surface area contributed by atoms with Crippen LogP contribution in [0.5, 0.6) is 5.88 Å². The summed E-state index contributed by atoms with van der Waals surface area (Å²) in [5, 5.41) is 3.51. The summed E-state index contributed by atoms with van der Waals surface area (Å²) in [7, 11) is -6.10. The molecule has 1 aromatic carbocycles. The monoisotopic (exact) mass is 637 g/mol. The van der Waals surface area contributed by atoms with Crippen LogP contribution in [-0.4, -0.2) is 56.3 Å². The van der Waals surface area contributed by atoms with Crippen molar-refractivity contribution in [3.05, 3.63) is 53.7 Å². The average molecular weight is 638 g/mol. The highest BCUT2D eigenvalue weighted by molar-refractivity contribution is 8.35. The Bertz CT molecular complexity index is 1710. The van der Waals surface area contributed by atoms with Crippen molar-refractivity contribution < 1.29 is 17.9 Å². The van der Waals surface area contributed by atoms with Crippen LogP contribution in [0.2, 0.25) is 0 Å². The van der Waals surface area contributed by atoms with E-state index in [1.807, 2.05) is 51.5 Å². The molecule has 0 fully saturated rings. The molecule has 1 unspecified atom stereocenters. The van der Waals surface area contributed by atoms with Gasteiger partial charge in [0.1, 0.15) is 9.21 Å². The summed E-state index contributed by atoms with van der Waals surface area (Å²) in [6.07, 6.45) is 11.5. The molecular formula is C28H39N5O4S4. The third kappa shape index (κ3) is 7.25. The predicted octanol–water partition coefficient (Wildman–Crippen LogP) is 7.01. The Labute approximate surface area is 249 Å². The van der Waals surface area contributed by atoms with Gasteiger partial charge < -0.3 is 10.1 Å². The van der Waals surface area contributed by atoms with E-state index >= 15 is 0 Å². The van der Waals surface area contributed by atoms with Crippen LogP contribution in [0.3, 0.4) is 0 Å². The second kappa shape index (κ2) is 11.6. The van der Waals surface area contributed by atoms with Crippen molar-refractivity contribution >= 4 is 57.9 Å². The number of aryl methyl sites for hydroxylation is 1. The lowest BCUT2D eigenvalue weighted by molar-refractivity contribution is 0.257. The zero-order valence-corrected chi connectivity index (χ0v) is 28.0. The lowest BCUT2D eigenvalue weighted by atomic mass is 9.98. The second-order valence-corrected chi connectivity index (χ2v) is 21.4. The smallest absolute Gasteiger partial charge is 0.332 e. The third-order valence-electron chi connectivity index (χ3n) is 6.95. The van der Waals surface area contributed by atoms with Gasteiger partial charge in [-0.2, -0.15) is 8.13 Å². The summed E-state index contributed by atoms with van der Waals surface area (Å²) in [5.74, 6) is 0.467. The summed E-state index contributed by atoms with van der Waals surface area (Å²) in [4.78, 5) is 17.9. The van der Waals surface area contributed by atoms with Gasteiger partial charge in [0.05, 0.1) is 12.8 Å². The van der Waals surface area contributed by atoms with E-state index in [-0.39, 0.29) is 4.75 Å². The van der Waals surface area contributed by atoms with Gasteiger partial charge in [0.2, 0.25) is 5.88 Å². The van der Waals surface area contributed by atoms with Crippen molar-refractivity contribution in [2.75, 3.05) is 37.4 Å². The molecule has 2 N–H and O–H groups in total. The van der Waals surface area contributed by atoms with Gasteiger partial charge in [-0.05, 0) is 66.7 Å². The highest BCUT2D eigenvalue weighted by Crippen LogP contribution is 2.55. The molecule has 13 heteroatoms. The number of hydrogen-bond acceptors (Lipinski definition) is 8. The van der Waals surface area contributed by atoms with Crippen LogP contribution in [0.4, 0.5) is 15.5 Å². The van der Waals surface area contributed by atoms with Crippen LogP contribution in [0, 0.1) is 0 Å². The number of fused-ring (bicyclic) bond motifs is 1. The molecule has 1 aliphatic carbocycles. The molecule has 0 spiro atoms. The summed E-state index contributed by atoms with van der Waals surface area (Å²) in [5.41, 5.74) is 4.59. The number of urea groups is 1. The summed E-state index contributed by atoms with van der Waals surface area (Å²) in [6.45, 7) is 6.15. The standard InChI is InChI=1S/C28H39N5O4S4/c1-28(2,3)39(5,6)33-41(36,25-15-14-24(38-25)31-40(7,8)35)32-27(34)30-26-21-11-9-10-19(21)12-13-22(26)20-16-17-29-23(18-20)37-4/h12-18H,9-11H2,1-8H3,(H2,30,32,33,34,36). The summed E-state index contributed by atoms with van der Waals surface area (Å²) < 4.78 is 44.2. The molecule has 1 atom stereocenters. The number of anilines is 1. The molecular weight excluding hydrogens is 599 g/mol. The second-order valence-electron chi connectivity index (χ2n) is 11.5. The fourth-order valence-electron chi connectivity index (χ4n) is 4.21. The molecule has 41 heavy (non-hydrogen) atoms. The van der Waals surface area contributed by atoms with Gasteiger partial charge in [-0.1, -0.05) is 32.9 Å². The van der Waals surface area contributed by atoms with E-state index in [0.717, 1.165) is 47.3 Å². The first-order valence-corrected chi connectivity index (χ1v) is 20.1. The van der Waals surface area contributed by atoms with Crippen LogP contribution in [0.25, 0.3) is 11.1 Å². The molecule has 0 radical (unpaired) electrons. The quantitative estimate of drug-likeness (QED) is 0.289. The number of ether oxygens (including phenoxy) is 1. The number of rotatable bonds is 7. The van der Waals surface area contributed by atoms with Crippen LogP contribution < -0.4 is 14.8 Å². The van der Waals surface area contributed by atoms with Crippen LogP contribution in [0.15, 0.2) is 54.9 Å². The number of thiophene rings is 1. The van der Waals surface area contributed by atoms with Crippen LogP contribution in [0.1, 0.15) is 38.3 Å². The number of pyridine rings is 1. The molecule has 2 amide bonds. The Morgan fingerprint density at radius 2 is 1.78 bits per heavy atom. The Balaban J connectivity index is 1.79. The number of carbonyl (C=O) groups is 1. The Morgan fingerprint density at radius 3 is 2.44 bits per heavy atom. The first-order chi connectivity index (χ1) is 19.0. The van der Waals surface area contributed by atoms with Gasteiger partial charge in [0, 0.05) is 44.8 Å². The molecule has 0 saturated heterocycles. The summed E-state index contributed by atoms with van der Waals surface area (Å²) >= 11 is 1.13. The van der Waals surface area contributed by atoms with E-state index in [0.29, 0.717) is 20.8 Å². The zero-order valence-electron chi connectivity index (χ0n) is 24.8. The van der Waals surface area contributed by atoms with Crippen molar-refractivity contribution in [2.45, 2.75) is 49.0 Å². The van der Waals surface area contributed by atoms with Crippen molar-refractivity contribution in [1.29, 1.82) is 0 Å². The maximum absolute atomic E-state index is 14.7. The fraction of sp³-hybridized carbons (Fsp3) is 0.429. The number of amides is 2. The molecule has 0 saturated carbocycles. The molecule has 4 rings (SSSR count). The van der Waals surface area contributed by atoms with Crippen molar-refractivity contribution in [2.24, 2.45) is 8.13 Å². The number of hydrogen-bond donors (Lipinski definition) is 2. The molecule has 2 heterocycles. The molecule has 0 bridgehead atoms. The van der Waals surface area contributed by atoms with E-state index in [9.17, 15) is 13.2 Å². The van der Waals surface area contributed by atoms with Gasteiger partial charge >= 0.3 is 6.03 Å². The topological polar surface area (TPSA) is 122 Å². The Kier molecular flexibility index (Phi) is 8.85. The number of methoxy groups -OCH3 is 1. The number of benzene rings is 1. The highest BCUT2D eigenvalue weighted by Gasteiger charge is 2.32. The maximum Gasteiger partial charge on any atom is 0.332 e. The fourth-order valence-corrected chi connectivity index (χ4v) is 11.1. The average Bonchev–Trinajstić information content (AvgIpc) is 3.52. The van der Waals surface area contributed by atoms with Gasteiger partial charge in [0.25, 0.3) is 0 Å². The Morgan fingerprint density at radius 1 is 1.05 bits per heavy atom. The zero-order chi connectivity index (χ0) is 30.2. The molecule has 3 aromatic rings. The summed E-state index contributed by atoms with van der Waals surface area (Å²) in [6, 6.07) is 10.5. The minimum atomic E-state index is -3.43. The lowest BCUT2D eigenvalue weighted by Gasteiger charge is -2.40. The van der Waals surface area contributed by atoms with Gasteiger partial charge in [-0.25, -0.2) is 22.9 Å². The SMILES string of the molecule is COc1cc(-c2ccc3c(c2NC(=O)NS(=O)(=NS(C)(C)C(C)(C)C)c2ccc(N=S(C)(C)=O)s2)CCC3)ccn1. The van der Waals surface area contributed by atoms with Gasteiger partial charge in [-0.15, -0.1) is 21.6 Å². The predicted molar refractivity (Wildman–Crippen MR) is 175 cm³/mol. The minimum absolute atomic E-state index is 0.271. The Hall–Kier alpha value is -2.61. The number of carbonyl (C=O) groups excluding carboxylic acids is 1. The van der Waals surface area contributed by atoms with E-state index < -0.39 is 35.9 Å². The first-order valence-electron chi connectivity index (χ1n) is 13.0. The van der Waals surface area contributed by atoms with Crippen molar-refractivity contribution in [3.63, 3.8) is 0 Å². The van der Waals surface area contributed by atoms with Gasteiger partial charge in [-0.3, -0.25) is 0 Å². The third-order valence-corrected chi connectivity index (χ3v) is 15.9. The van der Waals surface area contributed by atoms with Crippen LogP contribution >= 0.6 is 21.6 Å². The molecule has 224 valence electrons. The molecule has 1 aliphatic rings.